The number of ether oxygens (including phenoxy) is 1. The Morgan fingerprint density at radius 3 is 2.68 bits per heavy atom. The van der Waals surface area contributed by atoms with Gasteiger partial charge in [-0.1, -0.05) is 30.3 Å². The highest BCUT2D eigenvalue weighted by atomic mass is 32.1. The van der Waals surface area contributed by atoms with Crippen LogP contribution in [-0.4, -0.2) is 34.7 Å². The number of nitrogens with one attached hydrogen (secondary N) is 3. The largest absolute Gasteiger partial charge is 0.380 e. The third-order valence-corrected chi connectivity index (χ3v) is 3.23. The molecule has 1 unspecified atom stereocenters. The number of aromatic amines is 1. The molecule has 0 saturated heterocycles. The zero-order valence-electron chi connectivity index (χ0n) is 12.8. The maximum atomic E-state index is 5.28. The van der Waals surface area contributed by atoms with E-state index in [2.05, 4.69) is 44.6 Å². The molecule has 7 heteroatoms. The minimum absolute atomic E-state index is 0.109. The number of benzene rings is 1. The van der Waals surface area contributed by atoms with E-state index in [1.54, 1.807) is 0 Å². The van der Waals surface area contributed by atoms with Gasteiger partial charge in [-0.25, -0.2) is 0 Å². The SMILES string of the molecule is CCOCCNc1nc(=S)nc(NC(C)c2ccccc2)[nH]1. The van der Waals surface area contributed by atoms with Crippen LogP contribution in [0, 0.1) is 4.77 Å². The van der Waals surface area contributed by atoms with E-state index in [0.717, 1.165) is 0 Å². The van der Waals surface area contributed by atoms with Crippen LogP contribution in [-0.2, 0) is 4.74 Å². The molecule has 0 aliphatic carbocycles. The van der Waals surface area contributed by atoms with Crippen LogP contribution in [0.25, 0.3) is 0 Å². The Hall–Kier alpha value is -1.99. The fourth-order valence-corrected chi connectivity index (χ4v) is 2.14. The molecule has 0 aliphatic heterocycles. The first-order chi connectivity index (χ1) is 10.7. The third kappa shape index (κ3) is 5.09. The second-order valence-electron chi connectivity index (χ2n) is 4.73. The second kappa shape index (κ2) is 8.45. The normalized spacial score (nSPS) is 11.9. The monoisotopic (exact) mass is 319 g/mol. The topological polar surface area (TPSA) is 74.9 Å². The van der Waals surface area contributed by atoms with Crippen molar-refractivity contribution in [1.82, 2.24) is 15.0 Å². The van der Waals surface area contributed by atoms with Crippen molar-refractivity contribution in [2.45, 2.75) is 19.9 Å². The van der Waals surface area contributed by atoms with Crippen molar-refractivity contribution in [3.05, 3.63) is 40.7 Å². The molecule has 22 heavy (non-hydrogen) atoms. The molecule has 1 aromatic heterocycles. The van der Waals surface area contributed by atoms with Crippen molar-refractivity contribution in [1.29, 1.82) is 0 Å². The van der Waals surface area contributed by atoms with Crippen molar-refractivity contribution < 1.29 is 4.74 Å². The molecule has 0 radical (unpaired) electrons. The van der Waals surface area contributed by atoms with E-state index in [-0.39, 0.29) is 6.04 Å². The van der Waals surface area contributed by atoms with Crippen LogP contribution in [0.4, 0.5) is 11.9 Å². The van der Waals surface area contributed by atoms with Gasteiger partial charge in [0.15, 0.2) is 0 Å². The van der Waals surface area contributed by atoms with E-state index in [1.165, 1.54) is 5.56 Å². The molecule has 1 atom stereocenters. The first kappa shape index (κ1) is 16.4. The molecule has 0 bridgehead atoms. The van der Waals surface area contributed by atoms with Crippen LogP contribution >= 0.6 is 12.2 Å². The van der Waals surface area contributed by atoms with Crippen LogP contribution < -0.4 is 10.6 Å². The van der Waals surface area contributed by atoms with Crippen molar-refractivity contribution in [3.63, 3.8) is 0 Å². The number of anilines is 2. The number of nitrogens with zero attached hydrogens (tertiary/aromatic N) is 2. The number of H-pyrrole nitrogens is 1. The second-order valence-corrected chi connectivity index (χ2v) is 5.09. The van der Waals surface area contributed by atoms with E-state index >= 15 is 0 Å². The lowest BCUT2D eigenvalue weighted by atomic mass is 10.1. The molecule has 1 heterocycles. The number of hydrogen-bond acceptors (Lipinski definition) is 6. The summed E-state index contributed by atoms with van der Waals surface area (Å²) in [5, 5.41) is 6.43. The fraction of sp³-hybridized carbons (Fsp3) is 0.400. The average Bonchev–Trinajstić information content (AvgIpc) is 2.52. The number of aromatic nitrogens is 3. The van der Waals surface area contributed by atoms with E-state index in [1.807, 2.05) is 25.1 Å². The van der Waals surface area contributed by atoms with Gasteiger partial charge in [-0.15, -0.1) is 0 Å². The molecule has 0 amide bonds. The maximum absolute atomic E-state index is 5.28. The molecular weight excluding hydrogens is 298 g/mol. The van der Waals surface area contributed by atoms with E-state index in [9.17, 15) is 0 Å². The number of rotatable bonds is 8. The van der Waals surface area contributed by atoms with Crippen molar-refractivity contribution >= 4 is 24.1 Å². The van der Waals surface area contributed by atoms with Crippen LogP contribution in [0.3, 0.4) is 0 Å². The zero-order chi connectivity index (χ0) is 15.8. The molecule has 2 rings (SSSR count). The summed E-state index contributed by atoms with van der Waals surface area (Å²) in [6, 6.07) is 10.3. The zero-order valence-corrected chi connectivity index (χ0v) is 13.6. The molecule has 2 aromatic rings. The molecule has 118 valence electrons. The Morgan fingerprint density at radius 1 is 1.23 bits per heavy atom. The Kier molecular flexibility index (Phi) is 6.29. The molecule has 0 saturated carbocycles. The fourth-order valence-electron chi connectivity index (χ4n) is 1.95. The minimum Gasteiger partial charge on any atom is -0.380 e. The van der Waals surface area contributed by atoms with Gasteiger partial charge in [-0.3, -0.25) is 4.98 Å². The summed E-state index contributed by atoms with van der Waals surface area (Å²) < 4.78 is 5.57. The smallest absolute Gasteiger partial charge is 0.225 e. The highest BCUT2D eigenvalue weighted by molar-refractivity contribution is 7.71. The highest BCUT2D eigenvalue weighted by Gasteiger charge is 2.07. The van der Waals surface area contributed by atoms with E-state index in [4.69, 9.17) is 17.0 Å². The third-order valence-electron chi connectivity index (χ3n) is 3.05. The maximum Gasteiger partial charge on any atom is 0.225 e. The van der Waals surface area contributed by atoms with Gasteiger partial charge in [-0.2, -0.15) is 9.97 Å². The van der Waals surface area contributed by atoms with Gasteiger partial charge in [0.25, 0.3) is 0 Å². The van der Waals surface area contributed by atoms with Crippen LogP contribution in [0.1, 0.15) is 25.5 Å². The number of hydrogen-bond donors (Lipinski definition) is 3. The summed E-state index contributed by atoms with van der Waals surface area (Å²) in [5.74, 6) is 1.18. The summed E-state index contributed by atoms with van der Waals surface area (Å²) in [6.45, 7) is 6.00. The standard InChI is InChI=1S/C15H21N5OS/c1-3-21-10-9-16-13-18-14(20-15(22)19-13)17-11(2)12-7-5-4-6-8-12/h4-8,11H,3,9-10H2,1-2H3,(H3,16,17,18,19,20,22). The Labute approximate surface area is 135 Å². The van der Waals surface area contributed by atoms with Crippen LogP contribution in [0.5, 0.6) is 0 Å². The van der Waals surface area contributed by atoms with Gasteiger partial charge in [0.05, 0.1) is 12.6 Å². The van der Waals surface area contributed by atoms with E-state index in [0.29, 0.717) is 36.4 Å². The van der Waals surface area contributed by atoms with Gasteiger partial charge < -0.3 is 15.4 Å². The predicted octanol–water partition coefficient (Wildman–Crippen LogP) is 3.16. The highest BCUT2D eigenvalue weighted by Crippen LogP contribution is 2.16. The summed E-state index contributed by atoms with van der Waals surface area (Å²) in [4.78, 5) is 11.5. The molecule has 0 aliphatic rings. The summed E-state index contributed by atoms with van der Waals surface area (Å²) in [6.07, 6.45) is 0. The molecule has 1 aromatic carbocycles. The van der Waals surface area contributed by atoms with Gasteiger partial charge in [-0.05, 0) is 31.6 Å². The first-order valence-electron chi connectivity index (χ1n) is 7.30. The molecule has 0 spiro atoms. The lowest BCUT2D eigenvalue weighted by Gasteiger charge is -2.15. The summed E-state index contributed by atoms with van der Waals surface area (Å²) in [7, 11) is 0. The van der Waals surface area contributed by atoms with Crippen molar-refractivity contribution in [3.8, 4) is 0 Å². The quantitative estimate of drug-likeness (QED) is 0.513. The van der Waals surface area contributed by atoms with Gasteiger partial charge in [0, 0.05) is 13.2 Å². The van der Waals surface area contributed by atoms with Gasteiger partial charge >= 0.3 is 0 Å². The average molecular weight is 319 g/mol. The minimum atomic E-state index is 0.109. The summed E-state index contributed by atoms with van der Waals surface area (Å²) in [5.41, 5.74) is 1.17. The molecular formula is C15H21N5OS. The predicted molar refractivity (Wildman–Crippen MR) is 90.7 cm³/mol. The molecule has 0 fully saturated rings. The Morgan fingerprint density at radius 2 is 1.95 bits per heavy atom. The Balaban J connectivity index is 2.01. The van der Waals surface area contributed by atoms with Crippen molar-refractivity contribution in [2.75, 3.05) is 30.4 Å². The lowest BCUT2D eigenvalue weighted by Crippen LogP contribution is -2.14. The summed E-state index contributed by atoms with van der Waals surface area (Å²) >= 11 is 5.10. The molecule has 6 nitrogen and oxygen atoms in total. The van der Waals surface area contributed by atoms with Gasteiger partial charge in [0.1, 0.15) is 0 Å². The lowest BCUT2D eigenvalue weighted by molar-refractivity contribution is 0.158. The Bertz CT molecular complexity index is 631. The van der Waals surface area contributed by atoms with Crippen LogP contribution in [0.2, 0.25) is 0 Å². The first-order valence-corrected chi connectivity index (χ1v) is 7.71. The van der Waals surface area contributed by atoms with Crippen molar-refractivity contribution in [2.24, 2.45) is 0 Å². The molecule has 3 N–H and O–H groups in total. The van der Waals surface area contributed by atoms with Gasteiger partial charge in [0.2, 0.25) is 16.7 Å². The van der Waals surface area contributed by atoms with E-state index < -0.39 is 0 Å². The van der Waals surface area contributed by atoms with Crippen LogP contribution in [0.15, 0.2) is 30.3 Å².